The van der Waals surface area contributed by atoms with Gasteiger partial charge in [-0.25, -0.2) is 4.98 Å². The average Bonchev–Trinajstić information content (AvgIpc) is 3.00. The molecule has 0 aliphatic carbocycles. The van der Waals surface area contributed by atoms with Crippen LogP contribution in [0.4, 0.5) is 0 Å². The fourth-order valence-corrected chi connectivity index (χ4v) is 3.33. The van der Waals surface area contributed by atoms with Crippen molar-refractivity contribution >= 4 is 17.0 Å². The van der Waals surface area contributed by atoms with E-state index in [0.29, 0.717) is 18.2 Å². The molecule has 6 heteroatoms. The smallest absolute Gasteiger partial charge is 0.265 e. The van der Waals surface area contributed by atoms with Crippen LogP contribution in [0.1, 0.15) is 48.9 Å². The monoisotopic (exact) mass is 381 g/mol. The molecule has 1 N–H and O–H groups in total. The first-order valence-electron chi connectivity index (χ1n) is 9.70. The maximum absolute atomic E-state index is 12.9. The third kappa shape index (κ3) is 4.32. The summed E-state index contributed by atoms with van der Waals surface area (Å²) in [5.74, 6) is 0.410. The van der Waals surface area contributed by atoms with Gasteiger partial charge in [-0.2, -0.15) is 0 Å². The molecule has 0 aliphatic rings. The number of aromatic nitrogens is 2. The van der Waals surface area contributed by atoms with Crippen LogP contribution in [0, 0.1) is 12.8 Å². The molecule has 1 amide bonds. The Morgan fingerprint density at radius 3 is 2.61 bits per heavy atom. The van der Waals surface area contributed by atoms with Crippen LogP contribution in [-0.4, -0.2) is 21.5 Å². The number of fused-ring (bicyclic) bond motifs is 1. The Kier molecular flexibility index (Phi) is 5.97. The van der Waals surface area contributed by atoms with E-state index in [0.717, 1.165) is 12.8 Å². The number of nitrogens with zero attached hydrogens (tertiary/aromatic N) is 2. The molecule has 0 bridgehead atoms. The SMILES string of the molecule is Cc1oc2ncn(CC(C)C)c(=O)c2c1C(=O)N[C@H](C)CCc1ccccc1. The molecule has 2 aromatic heterocycles. The number of furan rings is 1. The number of aryl methyl sites for hydroxylation is 2. The molecule has 0 radical (unpaired) electrons. The lowest BCUT2D eigenvalue weighted by Crippen LogP contribution is -2.34. The molecule has 148 valence electrons. The van der Waals surface area contributed by atoms with Crippen LogP contribution in [0.5, 0.6) is 0 Å². The zero-order chi connectivity index (χ0) is 20.3. The van der Waals surface area contributed by atoms with Crippen molar-refractivity contribution in [3.05, 3.63) is 63.9 Å². The van der Waals surface area contributed by atoms with Crippen molar-refractivity contribution in [2.24, 2.45) is 5.92 Å². The molecule has 0 unspecified atom stereocenters. The molecule has 1 atom stereocenters. The van der Waals surface area contributed by atoms with Crippen molar-refractivity contribution in [1.29, 1.82) is 0 Å². The van der Waals surface area contributed by atoms with Crippen molar-refractivity contribution in [2.45, 2.75) is 53.1 Å². The van der Waals surface area contributed by atoms with Crippen LogP contribution in [0.15, 0.2) is 45.9 Å². The number of hydrogen-bond acceptors (Lipinski definition) is 4. The summed E-state index contributed by atoms with van der Waals surface area (Å²) in [5, 5.41) is 3.26. The van der Waals surface area contributed by atoms with E-state index < -0.39 is 0 Å². The predicted molar refractivity (Wildman–Crippen MR) is 110 cm³/mol. The first-order valence-corrected chi connectivity index (χ1v) is 9.70. The van der Waals surface area contributed by atoms with Gasteiger partial charge in [-0.15, -0.1) is 0 Å². The van der Waals surface area contributed by atoms with Crippen LogP contribution >= 0.6 is 0 Å². The fourth-order valence-electron chi connectivity index (χ4n) is 3.33. The van der Waals surface area contributed by atoms with E-state index in [1.54, 1.807) is 6.92 Å². The molecule has 2 heterocycles. The van der Waals surface area contributed by atoms with E-state index in [-0.39, 0.29) is 34.2 Å². The molecule has 0 spiro atoms. The lowest BCUT2D eigenvalue weighted by atomic mass is 10.1. The van der Waals surface area contributed by atoms with Crippen LogP contribution in [0.3, 0.4) is 0 Å². The third-order valence-electron chi connectivity index (χ3n) is 4.73. The van der Waals surface area contributed by atoms with Gasteiger partial charge in [0, 0.05) is 12.6 Å². The number of nitrogens with one attached hydrogen (secondary N) is 1. The van der Waals surface area contributed by atoms with E-state index in [9.17, 15) is 9.59 Å². The van der Waals surface area contributed by atoms with Gasteiger partial charge in [0.2, 0.25) is 5.71 Å². The summed E-state index contributed by atoms with van der Waals surface area (Å²) in [6, 6.07) is 10.1. The minimum Gasteiger partial charge on any atom is -0.442 e. The van der Waals surface area contributed by atoms with Crippen molar-refractivity contribution in [1.82, 2.24) is 14.9 Å². The fraction of sp³-hybridized carbons (Fsp3) is 0.409. The van der Waals surface area contributed by atoms with Gasteiger partial charge in [0.15, 0.2) is 0 Å². The Labute approximate surface area is 164 Å². The molecular formula is C22H27N3O3. The molecule has 3 aromatic rings. The first-order chi connectivity index (χ1) is 13.4. The van der Waals surface area contributed by atoms with Gasteiger partial charge in [0.05, 0.1) is 5.56 Å². The van der Waals surface area contributed by atoms with Crippen molar-refractivity contribution < 1.29 is 9.21 Å². The molecule has 0 saturated heterocycles. The maximum Gasteiger partial charge on any atom is 0.265 e. The second-order valence-electron chi connectivity index (χ2n) is 7.71. The van der Waals surface area contributed by atoms with Gasteiger partial charge in [-0.3, -0.25) is 14.2 Å². The number of hydrogen-bond donors (Lipinski definition) is 1. The van der Waals surface area contributed by atoms with Crippen LogP contribution in [0.2, 0.25) is 0 Å². The van der Waals surface area contributed by atoms with Crippen molar-refractivity contribution in [3.63, 3.8) is 0 Å². The van der Waals surface area contributed by atoms with Crippen molar-refractivity contribution in [2.75, 3.05) is 0 Å². The van der Waals surface area contributed by atoms with E-state index in [1.165, 1.54) is 16.5 Å². The number of benzene rings is 1. The second-order valence-corrected chi connectivity index (χ2v) is 7.71. The van der Waals surface area contributed by atoms with Crippen LogP contribution in [-0.2, 0) is 13.0 Å². The number of carbonyl (C=O) groups excluding carboxylic acids is 1. The molecule has 0 aliphatic heterocycles. The average molecular weight is 381 g/mol. The third-order valence-corrected chi connectivity index (χ3v) is 4.73. The summed E-state index contributed by atoms with van der Waals surface area (Å²) in [6.07, 6.45) is 3.16. The van der Waals surface area contributed by atoms with Gasteiger partial charge in [0.1, 0.15) is 17.5 Å². The lowest BCUT2D eigenvalue weighted by molar-refractivity contribution is 0.0938. The van der Waals surface area contributed by atoms with E-state index in [1.807, 2.05) is 39.0 Å². The van der Waals surface area contributed by atoms with Gasteiger partial charge >= 0.3 is 0 Å². The predicted octanol–water partition coefficient (Wildman–Crippen LogP) is 3.71. The number of amides is 1. The van der Waals surface area contributed by atoms with Gasteiger partial charge in [-0.05, 0) is 38.2 Å². The molecule has 28 heavy (non-hydrogen) atoms. The highest BCUT2D eigenvalue weighted by Gasteiger charge is 2.23. The van der Waals surface area contributed by atoms with Crippen LogP contribution < -0.4 is 10.9 Å². The minimum atomic E-state index is -0.294. The topological polar surface area (TPSA) is 77.1 Å². The van der Waals surface area contributed by atoms with Gasteiger partial charge in [-0.1, -0.05) is 44.2 Å². The lowest BCUT2D eigenvalue weighted by Gasteiger charge is -2.14. The summed E-state index contributed by atoms with van der Waals surface area (Å²) >= 11 is 0. The Balaban J connectivity index is 1.80. The standard InChI is InChI=1S/C22H27N3O3/c1-14(2)12-25-13-23-21-19(22(25)27)18(16(4)28-21)20(26)24-15(3)10-11-17-8-6-5-7-9-17/h5-9,13-15H,10-12H2,1-4H3,(H,24,26)/t15-/m1/s1. The normalized spacial score (nSPS) is 12.5. The number of rotatable bonds is 7. The largest absolute Gasteiger partial charge is 0.442 e. The number of carbonyl (C=O) groups is 1. The molecule has 0 fully saturated rings. The molecular weight excluding hydrogens is 354 g/mol. The van der Waals surface area contributed by atoms with Crippen molar-refractivity contribution in [3.8, 4) is 0 Å². The Bertz CT molecular complexity index is 1020. The minimum absolute atomic E-state index is 0.0355. The highest BCUT2D eigenvalue weighted by molar-refractivity contribution is 6.06. The van der Waals surface area contributed by atoms with E-state index in [4.69, 9.17) is 4.42 Å². The summed E-state index contributed by atoms with van der Waals surface area (Å²) in [5.41, 5.74) is 1.49. The maximum atomic E-state index is 12.9. The Morgan fingerprint density at radius 1 is 1.21 bits per heavy atom. The van der Waals surface area contributed by atoms with E-state index >= 15 is 0 Å². The van der Waals surface area contributed by atoms with Gasteiger partial charge < -0.3 is 9.73 Å². The molecule has 3 rings (SSSR count). The first kappa shape index (κ1) is 19.9. The van der Waals surface area contributed by atoms with Gasteiger partial charge in [0.25, 0.3) is 11.5 Å². The molecule has 6 nitrogen and oxygen atoms in total. The quantitative estimate of drug-likeness (QED) is 0.677. The Hall–Kier alpha value is -2.89. The zero-order valence-corrected chi connectivity index (χ0v) is 16.9. The zero-order valence-electron chi connectivity index (χ0n) is 16.9. The second kappa shape index (κ2) is 8.42. The van der Waals surface area contributed by atoms with Crippen LogP contribution in [0.25, 0.3) is 11.1 Å². The highest BCUT2D eigenvalue weighted by atomic mass is 16.3. The highest BCUT2D eigenvalue weighted by Crippen LogP contribution is 2.21. The molecule has 0 saturated carbocycles. The summed E-state index contributed by atoms with van der Waals surface area (Å²) < 4.78 is 7.13. The molecule has 1 aromatic carbocycles. The summed E-state index contributed by atoms with van der Waals surface area (Å²) in [4.78, 5) is 30.0. The van der Waals surface area contributed by atoms with E-state index in [2.05, 4.69) is 22.4 Å². The Morgan fingerprint density at radius 2 is 1.93 bits per heavy atom. The summed E-state index contributed by atoms with van der Waals surface area (Å²) in [6.45, 7) is 8.25. The summed E-state index contributed by atoms with van der Waals surface area (Å²) in [7, 11) is 0.